The molecule has 0 aromatic carbocycles. The largest absolute Gasteiger partial charge is 0.478 e. The Morgan fingerprint density at radius 1 is 0.649 bits per heavy atom. The lowest BCUT2D eigenvalue weighted by Gasteiger charge is -2.03. The van der Waals surface area contributed by atoms with Crippen molar-refractivity contribution in [3.8, 4) is 0 Å². The van der Waals surface area contributed by atoms with Crippen LogP contribution in [0.3, 0.4) is 0 Å². The lowest BCUT2D eigenvalue weighted by molar-refractivity contribution is -0.132. The van der Waals surface area contributed by atoms with E-state index in [0.717, 1.165) is 0 Å². The van der Waals surface area contributed by atoms with Crippen molar-refractivity contribution < 1.29 is 39.6 Å². The van der Waals surface area contributed by atoms with E-state index in [1.54, 1.807) is 30.4 Å². The fourth-order valence-corrected chi connectivity index (χ4v) is 4.05. The number of aromatic carboxylic acids is 2. The highest BCUT2D eigenvalue weighted by Crippen LogP contribution is 2.34. The first-order valence-corrected chi connectivity index (χ1v) is 10.2. The molecule has 37 heavy (non-hydrogen) atoms. The van der Waals surface area contributed by atoms with Crippen LogP contribution in [-0.4, -0.2) is 81.6 Å². The summed E-state index contributed by atoms with van der Waals surface area (Å²) in [5, 5.41) is 39.4. The van der Waals surface area contributed by atoms with Gasteiger partial charge >= 0.3 is 23.9 Å². The summed E-state index contributed by atoms with van der Waals surface area (Å²) < 4.78 is 0. The molecule has 0 aliphatic carbocycles. The zero-order valence-corrected chi connectivity index (χ0v) is 19.7. The first kappa shape index (κ1) is 25.1. The zero-order valence-electron chi connectivity index (χ0n) is 18.5. The Labute approximate surface area is 216 Å². The average molecular weight is 513 g/mol. The number of H-pyrrole nitrogens is 2. The highest BCUT2D eigenvalue weighted by atomic mass is 27.0. The molecule has 3 aromatic rings. The molecule has 2 aliphatic rings. The molecule has 5 rings (SSSR count). The van der Waals surface area contributed by atoms with E-state index in [1.165, 1.54) is 18.2 Å². The van der Waals surface area contributed by atoms with Crippen molar-refractivity contribution in [2.24, 2.45) is 0 Å². The number of nitrogens with zero attached hydrogens (tertiary/aromatic N) is 2. The number of hydrogen-bond acceptors (Lipinski definition) is 6. The van der Waals surface area contributed by atoms with Gasteiger partial charge in [0.2, 0.25) is 0 Å². The molecule has 8 bridgehead atoms. The summed E-state index contributed by atoms with van der Waals surface area (Å²) in [5.74, 6) is -6.60. The van der Waals surface area contributed by atoms with E-state index in [0.29, 0.717) is 16.7 Å². The molecular formula is C24H14AlN4O8. The van der Waals surface area contributed by atoms with Gasteiger partial charge in [-0.05, 0) is 48.6 Å². The number of aromatic amines is 2. The number of carboxylic acids is 4. The monoisotopic (exact) mass is 513 g/mol. The molecule has 0 amide bonds. The van der Waals surface area contributed by atoms with Crippen LogP contribution in [0, 0.1) is 0 Å². The van der Waals surface area contributed by atoms with Gasteiger partial charge in [0.15, 0.2) is 0 Å². The first-order valence-electron chi connectivity index (χ1n) is 10.2. The van der Waals surface area contributed by atoms with E-state index in [1.807, 2.05) is 0 Å². The summed E-state index contributed by atoms with van der Waals surface area (Å²) >= 11 is 0. The van der Waals surface area contributed by atoms with Gasteiger partial charge in [-0.3, -0.25) is 0 Å². The minimum atomic E-state index is -1.75. The minimum absolute atomic E-state index is 0. The third kappa shape index (κ3) is 4.40. The number of hydrogen-bond donors (Lipinski definition) is 6. The highest BCUT2D eigenvalue weighted by molar-refractivity contribution is 6.38. The summed E-state index contributed by atoms with van der Waals surface area (Å²) in [6.45, 7) is 0. The van der Waals surface area contributed by atoms with Crippen LogP contribution >= 0.6 is 0 Å². The van der Waals surface area contributed by atoms with E-state index in [2.05, 4.69) is 19.9 Å². The van der Waals surface area contributed by atoms with Crippen LogP contribution in [0.1, 0.15) is 43.5 Å². The Morgan fingerprint density at radius 3 is 1.86 bits per heavy atom. The lowest BCUT2D eigenvalue weighted by Crippen LogP contribution is -2.10. The number of fused-ring (bicyclic) bond motifs is 8. The molecule has 12 nitrogen and oxygen atoms in total. The Morgan fingerprint density at radius 2 is 1.27 bits per heavy atom. The molecule has 2 aliphatic heterocycles. The van der Waals surface area contributed by atoms with Gasteiger partial charge in [-0.2, -0.15) is 0 Å². The fraction of sp³-hybridized carbons (Fsp3) is 0. The zero-order chi connectivity index (χ0) is 25.7. The van der Waals surface area contributed by atoms with E-state index < -0.39 is 57.4 Å². The van der Waals surface area contributed by atoms with E-state index in [-0.39, 0.29) is 34.3 Å². The van der Waals surface area contributed by atoms with E-state index in [9.17, 15) is 39.6 Å². The van der Waals surface area contributed by atoms with Crippen LogP contribution in [0.15, 0.2) is 36.4 Å². The SMILES string of the molecule is O=C(O)C1=C(C(=O)O)c2nc1cc1nc(cc3ccc(cc4cc(C(=O)O)c([nH]4)c2C(=O)O)[nH]3)C=C1.[Al]. The fourth-order valence-electron chi connectivity index (χ4n) is 4.05. The van der Waals surface area contributed by atoms with Gasteiger partial charge in [-0.1, -0.05) is 0 Å². The number of aromatic nitrogens is 4. The topological polar surface area (TPSA) is 207 Å². The van der Waals surface area contributed by atoms with Crippen LogP contribution < -0.4 is 0 Å². The van der Waals surface area contributed by atoms with Crippen LogP contribution in [0.2, 0.25) is 0 Å². The lowest BCUT2D eigenvalue weighted by atomic mass is 10.0. The second-order valence-corrected chi connectivity index (χ2v) is 7.80. The molecule has 0 saturated carbocycles. The number of rotatable bonds is 4. The third-order valence-corrected chi connectivity index (χ3v) is 5.49. The van der Waals surface area contributed by atoms with Crippen molar-refractivity contribution >= 4 is 86.6 Å². The summed E-state index contributed by atoms with van der Waals surface area (Å²) in [4.78, 5) is 62.8. The number of carboxylic acid groups (broad SMARTS) is 4. The third-order valence-electron chi connectivity index (χ3n) is 5.49. The second-order valence-electron chi connectivity index (χ2n) is 7.80. The molecule has 0 spiro atoms. The number of carbonyl (C=O) groups is 4. The first-order chi connectivity index (χ1) is 17.1. The van der Waals surface area contributed by atoms with E-state index in [4.69, 9.17) is 0 Å². The Bertz CT molecular complexity index is 1760. The molecule has 3 aromatic heterocycles. The summed E-state index contributed by atoms with van der Waals surface area (Å²) in [7, 11) is 0. The Kier molecular flexibility index (Phi) is 6.27. The number of nitrogens with one attached hydrogen (secondary N) is 2. The second kappa shape index (κ2) is 9.23. The van der Waals surface area contributed by atoms with Crippen molar-refractivity contribution in [3.63, 3.8) is 0 Å². The molecule has 0 atom stereocenters. The van der Waals surface area contributed by atoms with Crippen LogP contribution in [0.25, 0.3) is 45.4 Å². The van der Waals surface area contributed by atoms with Gasteiger partial charge in [0.25, 0.3) is 0 Å². The standard InChI is InChI=1S/C24H14N4O8.Al/c29-21(30)14-7-13-6-11-2-1-9(25-11)5-10-3-4-12(26-10)8-15-16(22(31)32)17(23(33)34)20(28-15)18(24(35)36)19(14)27-13;/h1-8,25,27H,(H,29,30)(H,31,32)(H,33,34)(H,35,36);. The summed E-state index contributed by atoms with van der Waals surface area (Å²) in [6.07, 6.45) is 3.21. The Balaban J connectivity index is 0.00000320. The van der Waals surface area contributed by atoms with Crippen LogP contribution in [-0.2, 0) is 9.59 Å². The van der Waals surface area contributed by atoms with Gasteiger partial charge in [0.1, 0.15) is 16.7 Å². The molecule has 0 saturated heterocycles. The predicted octanol–water partition coefficient (Wildman–Crippen LogP) is 2.58. The predicted molar refractivity (Wildman–Crippen MR) is 132 cm³/mol. The van der Waals surface area contributed by atoms with Crippen LogP contribution in [0.4, 0.5) is 0 Å². The average Bonchev–Trinajstić information content (AvgIpc) is 3.56. The van der Waals surface area contributed by atoms with Gasteiger partial charge in [-0.15, -0.1) is 0 Å². The van der Waals surface area contributed by atoms with Gasteiger partial charge < -0.3 is 30.4 Å². The molecule has 181 valence electrons. The van der Waals surface area contributed by atoms with Crippen molar-refractivity contribution in [2.75, 3.05) is 0 Å². The number of aliphatic carboxylic acids is 2. The molecular weight excluding hydrogens is 499 g/mol. The van der Waals surface area contributed by atoms with Crippen molar-refractivity contribution in [1.82, 2.24) is 19.9 Å². The minimum Gasteiger partial charge on any atom is -0.478 e. The molecule has 0 unspecified atom stereocenters. The van der Waals surface area contributed by atoms with Crippen molar-refractivity contribution in [1.29, 1.82) is 0 Å². The molecule has 3 radical (unpaired) electrons. The smallest absolute Gasteiger partial charge is 0.340 e. The maximum absolute atomic E-state index is 12.4. The molecule has 6 N–H and O–H groups in total. The van der Waals surface area contributed by atoms with Crippen LogP contribution in [0.5, 0.6) is 0 Å². The van der Waals surface area contributed by atoms with Crippen molar-refractivity contribution in [3.05, 3.63) is 70.3 Å². The maximum Gasteiger partial charge on any atom is 0.340 e. The van der Waals surface area contributed by atoms with Crippen molar-refractivity contribution in [2.45, 2.75) is 0 Å². The van der Waals surface area contributed by atoms with Gasteiger partial charge in [-0.25, -0.2) is 29.1 Å². The quantitative estimate of drug-likeness (QED) is 0.220. The summed E-state index contributed by atoms with van der Waals surface area (Å²) in [6, 6.07) is 9.11. The maximum atomic E-state index is 12.4. The molecule has 0 fully saturated rings. The summed E-state index contributed by atoms with van der Waals surface area (Å²) in [5.41, 5.74) is -2.23. The Hall–Kier alpha value is -4.99. The van der Waals surface area contributed by atoms with Gasteiger partial charge in [0.05, 0.1) is 33.9 Å². The molecule has 5 heterocycles. The van der Waals surface area contributed by atoms with E-state index >= 15 is 0 Å². The highest BCUT2D eigenvalue weighted by Gasteiger charge is 2.35. The molecule has 13 heteroatoms. The normalized spacial score (nSPS) is 12.2. The van der Waals surface area contributed by atoms with Gasteiger partial charge in [0, 0.05) is 33.9 Å².